The highest BCUT2D eigenvalue weighted by Crippen LogP contribution is 2.26. The number of hydrogen-bond acceptors (Lipinski definition) is 3. The van der Waals surface area contributed by atoms with E-state index in [0.717, 1.165) is 30.5 Å². The van der Waals surface area contributed by atoms with Crippen LogP contribution in [0.1, 0.15) is 32.6 Å². The Kier molecular flexibility index (Phi) is 5.12. The Bertz CT molecular complexity index is 262. The van der Waals surface area contributed by atoms with Crippen molar-refractivity contribution in [3.8, 4) is 0 Å². The molecule has 0 unspecified atom stereocenters. The predicted molar refractivity (Wildman–Crippen MR) is 68.6 cm³/mol. The minimum atomic E-state index is 0.0130. The molecule has 0 radical (unpaired) electrons. The molecule has 0 aromatic rings. The molecule has 5 heteroatoms. The van der Waals surface area contributed by atoms with E-state index in [1.165, 1.54) is 12.8 Å². The zero-order valence-corrected chi connectivity index (χ0v) is 10.8. The number of amides is 1. The van der Waals surface area contributed by atoms with Gasteiger partial charge in [-0.1, -0.05) is 18.7 Å². The van der Waals surface area contributed by atoms with Gasteiger partial charge in [-0.25, -0.2) is 0 Å². The molecule has 16 heavy (non-hydrogen) atoms. The highest BCUT2D eigenvalue weighted by Gasteiger charge is 2.24. The maximum absolute atomic E-state index is 11.8. The number of carbonyl (C=O) groups excluding carboxylic acids is 1. The van der Waals surface area contributed by atoms with Crippen LogP contribution in [-0.2, 0) is 4.79 Å². The molecule has 0 atom stereocenters. The van der Waals surface area contributed by atoms with Crippen LogP contribution in [0, 0.1) is 11.3 Å². The van der Waals surface area contributed by atoms with Crippen LogP contribution in [0.5, 0.6) is 0 Å². The van der Waals surface area contributed by atoms with E-state index in [0.29, 0.717) is 6.04 Å². The van der Waals surface area contributed by atoms with Crippen molar-refractivity contribution in [2.45, 2.75) is 38.6 Å². The van der Waals surface area contributed by atoms with Gasteiger partial charge in [-0.3, -0.25) is 10.2 Å². The van der Waals surface area contributed by atoms with Crippen molar-refractivity contribution in [3.63, 3.8) is 0 Å². The molecule has 4 nitrogen and oxygen atoms in total. The minimum Gasteiger partial charge on any atom is -0.379 e. The van der Waals surface area contributed by atoms with Crippen LogP contribution in [0.4, 0.5) is 0 Å². The van der Waals surface area contributed by atoms with E-state index in [2.05, 4.69) is 6.92 Å². The molecule has 1 rings (SSSR count). The molecule has 1 fully saturated rings. The largest absolute Gasteiger partial charge is 0.379 e. The summed E-state index contributed by atoms with van der Waals surface area (Å²) in [7, 11) is 1.86. The number of hydrogen-bond donors (Lipinski definition) is 2. The molecule has 0 aromatic carbocycles. The molecule has 1 amide bonds. The summed E-state index contributed by atoms with van der Waals surface area (Å²) in [4.78, 5) is 13.6. The maximum Gasteiger partial charge on any atom is 0.233 e. The Hall–Kier alpha value is -0.710. The molecule has 0 spiro atoms. The Morgan fingerprint density at radius 3 is 2.50 bits per heavy atom. The zero-order chi connectivity index (χ0) is 12.1. The summed E-state index contributed by atoms with van der Waals surface area (Å²) in [5.74, 6) is 1.17. The van der Waals surface area contributed by atoms with Gasteiger partial charge in [0.25, 0.3) is 0 Å². The van der Waals surface area contributed by atoms with Crippen molar-refractivity contribution in [2.75, 3.05) is 12.8 Å². The summed E-state index contributed by atoms with van der Waals surface area (Å²) >= 11 is 1.10. The molecule has 0 aromatic heterocycles. The quantitative estimate of drug-likeness (QED) is 0.585. The molecule has 3 N–H and O–H groups in total. The molecular weight excluding hydrogens is 222 g/mol. The maximum atomic E-state index is 11.8. The second-order valence-electron chi connectivity index (χ2n) is 4.57. The second-order valence-corrected chi connectivity index (χ2v) is 5.59. The number of amidine groups is 1. The Labute approximate surface area is 101 Å². The van der Waals surface area contributed by atoms with E-state index in [1.807, 2.05) is 11.9 Å². The van der Waals surface area contributed by atoms with Gasteiger partial charge < -0.3 is 10.6 Å². The lowest BCUT2D eigenvalue weighted by Gasteiger charge is -2.33. The highest BCUT2D eigenvalue weighted by molar-refractivity contribution is 8.14. The lowest BCUT2D eigenvalue weighted by molar-refractivity contribution is -0.129. The summed E-state index contributed by atoms with van der Waals surface area (Å²) < 4.78 is 0. The molecule has 0 bridgehead atoms. The fraction of sp³-hybridized carbons (Fsp3) is 0.818. The first-order valence-electron chi connectivity index (χ1n) is 5.73. The lowest BCUT2D eigenvalue weighted by Crippen LogP contribution is -2.40. The van der Waals surface area contributed by atoms with Crippen molar-refractivity contribution in [3.05, 3.63) is 0 Å². The third-order valence-corrected chi connectivity index (χ3v) is 3.98. The number of carbonyl (C=O) groups is 1. The second kappa shape index (κ2) is 6.13. The Morgan fingerprint density at radius 2 is 2.00 bits per heavy atom. The van der Waals surface area contributed by atoms with Gasteiger partial charge in [-0.15, -0.1) is 0 Å². The van der Waals surface area contributed by atoms with Crippen LogP contribution in [0.2, 0.25) is 0 Å². The molecular formula is C11H21N3OS. The fourth-order valence-electron chi connectivity index (χ4n) is 2.07. The Morgan fingerprint density at radius 1 is 1.44 bits per heavy atom. The van der Waals surface area contributed by atoms with Crippen LogP contribution in [0.15, 0.2) is 0 Å². The first kappa shape index (κ1) is 13.4. The highest BCUT2D eigenvalue weighted by atomic mass is 32.2. The SMILES string of the molecule is CC1CCC(N(C)C(=O)CSC(=N)N)CC1. The number of nitrogens with zero attached hydrogens (tertiary/aromatic N) is 1. The first-order valence-corrected chi connectivity index (χ1v) is 6.71. The van der Waals surface area contributed by atoms with Gasteiger partial charge in [0.05, 0.1) is 5.75 Å². The standard InChI is InChI=1S/C11H21N3OS/c1-8-3-5-9(6-4-8)14(2)10(15)7-16-11(12)13/h8-9H,3-7H2,1-2H3,(H3,12,13). The normalized spacial score (nSPS) is 25.1. The van der Waals surface area contributed by atoms with Crippen molar-refractivity contribution in [2.24, 2.45) is 11.7 Å². The molecule has 1 aliphatic rings. The fourth-order valence-corrected chi connectivity index (χ4v) is 2.56. The molecule has 0 saturated heterocycles. The average molecular weight is 243 g/mol. The van der Waals surface area contributed by atoms with Crippen LogP contribution in [0.25, 0.3) is 0 Å². The molecule has 1 saturated carbocycles. The van der Waals surface area contributed by atoms with Crippen LogP contribution < -0.4 is 5.73 Å². The number of thioether (sulfide) groups is 1. The summed E-state index contributed by atoms with van der Waals surface area (Å²) in [6, 6.07) is 0.385. The number of rotatable bonds is 3. The van der Waals surface area contributed by atoms with Crippen LogP contribution in [0.3, 0.4) is 0 Å². The van der Waals surface area contributed by atoms with E-state index in [4.69, 9.17) is 11.1 Å². The van der Waals surface area contributed by atoms with Gasteiger partial charge in [0.1, 0.15) is 0 Å². The summed E-state index contributed by atoms with van der Waals surface area (Å²) in [5.41, 5.74) is 5.21. The van der Waals surface area contributed by atoms with Gasteiger partial charge in [0, 0.05) is 13.1 Å². The third-order valence-electron chi connectivity index (χ3n) is 3.28. The average Bonchev–Trinajstić information content (AvgIpc) is 2.26. The van der Waals surface area contributed by atoms with E-state index in [9.17, 15) is 4.79 Å². The van der Waals surface area contributed by atoms with Crippen molar-refractivity contribution < 1.29 is 4.79 Å². The number of nitrogens with two attached hydrogens (primary N) is 1. The van der Waals surface area contributed by atoms with Crippen molar-refractivity contribution in [1.82, 2.24) is 4.90 Å². The lowest BCUT2D eigenvalue weighted by atomic mass is 9.87. The van der Waals surface area contributed by atoms with Gasteiger partial charge in [-0.05, 0) is 31.6 Å². The van der Waals surface area contributed by atoms with Gasteiger partial charge >= 0.3 is 0 Å². The van der Waals surface area contributed by atoms with Crippen LogP contribution >= 0.6 is 11.8 Å². The van der Waals surface area contributed by atoms with Crippen molar-refractivity contribution in [1.29, 1.82) is 5.41 Å². The third kappa shape index (κ3) is 4.04. The smallest absolute Gasteiger partial charge is 0.233 e. The first-order chi connectivity index (χ1) is 7.50. The van der Waals surface area contributed by atoms with Gasteiger partial charge in [-0.2, -0.15) is 0 Å². The summed E-state index contributed by atoms with van der Waals surface area (Å²) in [6.45, 7) is 2.27. The molecule has 0 heterocycles. The Balaban J connectivity index is 2.35. The number of nitrogens with one attached hydrogen (secondary N) is 1. The van der Waals surface area contributed by atoms with Crippen molar-refractivity contribution >= 4 is 22.8 Å². The van der Waals surface area contributed by atoms with Gasteiger partial charge in [0.2, 0.25) is 5.91 Å². The van der Waals surface area contributed by atoms with Gasteiger partial charge in [0.15, 0.2) is 5.17 Å². The summed E-state index contributed by atoms with van der Waals surface area (Å²) in [5, 5.41) is 7.08. The zero-order valence-electron chi connectivity index (χ0n) is 10.0. The molecule has 92 valence electrons. The van der Waals surface area contributed by atoms with E-state index in [-0.39, 0.29) is 16.8 Å². The van der Waals surface area contributed by atoms with E-state index < -0.39 is 0 Å². The molecule has 0 aliphatic heterocycles. The predicted octanol–water partition coefficient (Wildman–Crippen LogP) is 1.65. The van der Waals surface area contributed by atoms with Crippen LogP contribution in [-0.4, -0.2) is 34.8 Å². The van der Waals surface area contributed by atoms with E-state index in [1.54, 1.807) is 0 Å². The summed E-state index contributed by atoms with van der Waals surface area (Å²) in [6.07, 6.45) is 4.63. The molecule has 1 aliphatic carbocycles. The minimum absolute atomic E-state index is 0.0130. The monoisotopic (exact) mass is 243 g/mol. The topological polar surface area (TPSA) is 70.2 Å². The van der Waals surface area contributed by atoms with E-state index >= 15 is 0 Å².